The van der Waals surface area contributed by atoms with Crippen LogP contribution in [-0.4, -0.2) is 16.5 Å². The lowest BCUT2D eigenvalue weighted by molar-refractivity contribution is 0.459. The molecule has 4 nitrogen and oxygen atoms in total. The number of benzene rings is 1. The van der Waals surface area contributed by atoms with E-state index in [1.807, 2.05) is 26.0 Å². The first-order valence-corrected chi connectivity index (χ1v) is 6.07. The zero-order valence-corrected chi connectivity index (χ0v) is 11.0. The van der Waals surface area contributed by atoms with Gasteiger partial charge in [-0.1, -0.05) is 11.6 Å². The Balaban J connectivity index is 2.20. The zero-order chi connectivity index (χ0) is 13.0. The second-order valence-corrected chi connectivity index (χ2v) is 4.20. The molecule has 0 spiro atoms. The van der Waals surface area contributed by atoms with Crippen LogP contribution in [0.1, 0.15) is 12.5 Å². The molecule has 18 heavy (non-hydrogen) atoms. The van der Waals surface area contributed by atoms with Crippen LogP contribution in [-0.2, 0) is 0 Å². The summed E-state index contributed by atoms with van der Waals surface area (Å²) < 4.78 is 5.70. The minimum absolute atomic E-state index is 0.506. The Labute approximate surface area is 111 Å². The number of rotatable bonds is 4. The first kappa shape index (κ1) is 12.6. The molecule has 0 bridgehead atoms. The molecule has 0 fully saturated rings. The van der Waals surface area contributed by atoms with Gasteiger partial charge in [0, 0.05) is 23.8 Å². The van der Waals surface area contributed by atoms with E-state index in [0.29, 0.717) is 16.9 Å². The number of hydrogen-bond donors (Lipinski definition) is 1. The van der Waals surface area contributed by atoms with Crippen molar-refractivity contribution in [2.45, 2.75) is 13.8 Å². The highest BCUT2D eigenvalue weighted by Crippen LogP contribution is 2.26. The fraction of sp³-hybridized carbons (Fsp3) is 0.231. The van der Waals surface area contributed by atoms with Crippen LogP contribution in [0.15, 0.2) is 30.5 Å². The quantitative estimate of drug-likeness (QED) is 0.914. The molecule has 0 amide bonds. The van der Waals surface area contributed by atoms with Crippen molar-refractivity contribution >= 4 is 17.5 Å². The summed E-state index contributed by atoms with van der Waals surface area (Å²) in [5.41, 5.74) is 0.964. The summed E-state index contributed by atoms with van der Waals surface area (Å²) in [6, 6.07) is 7.18. The molecule has 1 aromatic carbocycles. The van der Waals surface area contributed by atoms with Gasteiger partial charge in [-0.05, 0) is 37.6 Å². The highest BCUT2D eigenvalue weighted by molar-refractivity contribution is 6.30. The Morgan fingerprint density at radius 3 is 2.89 bits per heavy atom. The predicted molar refractivity (Wildman–Crippen MR) is 72.5 cm³/mol. The Kier molecular flexibility index (Phi) is 3.99. The van der Waals surface area contributed by atoms with Crippen molar-refractivity contribution in [3.8, 4) is 11.6 Å². The van der Waals surface area contributed by atoms with Crippen LogP contribution >= 0.6 is 11.6 Å². The molecule has 1 aromatic heterocycles. The van der Waals surface area contributed by atoms with Crippen LogP contribution in [0.5, 0.6) is 11.6 Å². The van der Waals surface area contributed by atoms with Crippen molar-refractivity contribution in [3.05, 3.63) is 41.0 Å². The maximum absolute atomic E-state index is 5.90. The third kappa shape index (κ3) is 3.11. The molecule has 2 rings (SSSR count). The number of aryl methyl sites for hydroxylation is 1. The summed E-state index contributed by atoms with van der Waals surface area (Å²) in [5, 5.41) is 3.72. The van der Waals surface area contributed by atoms with Gasteiger partial charge in [0.05, 0.1) is 0 Å². The molecule has 0 saturated heterocycles. The minimum Gasteiger partial charge on any atom is -0.439 e. The Morgan fingerprint density at radius 2 is 2.17 bits per heavy atom. The summed E-state index contributed by atoms with van der Waals surface area (Å²) >= 11 is 5.90. The second kappa shape index (κ2) is 5.69. The van der Waals surface area contributed by atoms with Gasteiger partial charge in [-0.2, -0.15) is 4.98 Å². The minimum atomic E-state index is 0.506. The summed E-state index contributed by atoms with van der Waals surface area (Å²) in [4.78, 5) is 8.33. The van der Waals surface area contributed by atoms with E-state index in [1.54, 1.807) is 18.3 Å². The summed E-state index contributed by atoms with van der Waals surface area (Å²) in [6.07, 6.45) is 1.66. The van der Waals surface area contributed by atoms with Crippen LogP contribution in [0.4, 0.5) is 5.95 Å². The van der Waals surface area contributed by atoms with Gasteiger partial charge in [0.2, 0.25) is 11.8 Å². The number of anilines is 1. The number of aromatic nitrogens is 2. The van der Waals surface area contributed by atoms with E-state index in [-0.39, 0.29) is 0 Å². The van der Waals surface area contributed by atoms with E-state index < -0.39 is 0 Å². The van der Waals surface area contributed by atoms with Crippen molar-refractivity contribution in [2.75, 3.05) is 11.9 Å². The maximum Gasteiger partial charge on any atom is 0.225 e. The highest BCUT2D eigenvalue weighted by Gasteiger charge is 2.04. The molecular formula is C13H14ClN3O. The van der Waals surface area contributed by atoms with Crippen LogP contribution in [0.3, 0.4) is 0 Å². The van der Waals surface area contributed by atoms with Crippen molar-refractivity contribution in [1.29, 1.82) is 0 Å². The third-order valence-electron chi connectivity index (χ3n) is 2.32. The van der Waals surface area contributed by atoms with Gasteiger partial charge in [-0.25, -0.2) is 4.98 Å². The third-order valence-corrected chi connectivity index (χ3v) is 2.55. The number of nitrogens with one attached hydrogen (secondary N) is 1. The van der Waals surface area contributed by atoms with Crippen LogP contribution in [0.25, 0.3) is 0 Å². The number of nitrogens with zero attached hydrogens (tertiary/aromatic N) is 2. The number of ether oxygens (including phenoxy) is 1. The standard InChI is InChI=1S/C13H14ClN3O/c1-3-15-13-16-7-6-12(17-13)18-11-5-4-10(14)8-9(11)2/h4-8H,3H2,1-2H3,(H,15,16,17). The van der Waals surface area contributed by atoms with E-state index in [9.17, 15) is 0 Å². The fourth-order valence-electron chi connectivity index (χ4n) is 1.48. The smallest absolute Gasteiger partial charge is 0.225 e. The highest BCUT2D eigenvalue weighted by atomic mass is 35.5. The summed E-state index contributed by atoms with van der Waals surface area (Å²) in [6.45, 7) is 4.69. The van der Waals surface area contributed by atoms with E-state index in [1.165, 1.54) is 0 Å². The van der Waals surface area contributed by atoms with Crippen molar-refractivity contribution in [1.82, 2.24) is 9.97 Å². The SMILES string of the molecule is CCNc1nccc(Oc2ccc(Cl)cc2C)n1. The monoisotopic (exact) mass is 263 g/mol. The molecule has 0 aliphatic heterocycles. The van der Waals surface area contributed by atoms with Crippen LogP contribution in [0, 0.1) is 6.92 Å². The van der Waals surface area contributed by atoms with Crippen molar-refractivity contribution in [2.24, 2.45) is 0 Å². The average molecular weight is 264 g/mol. The van der Waals surface area contributed by atoms with Gasteiger partial charge in [-0.3, -0.25) is 0 Å². The molecule has 0 unspecified atom stereocenters. The largest absolute Gasteiger partial charge is 0.439 e. The number of hydrogen-bond acceptors (Lipinski definition) is 4. The fourth-order valence-corrected chi connectivity index (χ4v) is 1.71. The predicted octanol–water partition coefficient (Wildman–Crippen LogP) is 3.66. The molecule has 0 aliphatic rings. The van der Waals surface area contributed by atoms with Gasteiger partial charge in [0.25, 0.3) is 0 Å². The van der Waals surface area contributed by atoms with Gasteiger partial charge in [-0.15, -0.1) is 0 Å². The molecule has 0 aliphatic carbocycles. The Morgan fingerprint density at radius 1 is 1.33 bits per heavy atom. The number of halogens is 1. The van der Waals surface area contributed by atoms with Gasteiger partial charge in [0.15, 0.2) is 0 Å². The molecule has 1 N–H and O–H groups in total. The van der Waals surface area contributed by atoms with E-state index in [0.717, 1.165) is 17.9 Å². The Bertz CT molecular complexity index is 546. The van der Waals surface area contributed by atoms with Crippen LogP contribution in [0.2, 0.25) is 5.02 Å². The van der Waals surface area contributed by atoms with Crippen molar-refractivity contribution < 1.29 is 4.74 Å². The molecule has 2 aromatic rings. The summed E-state index contributed by atoms with van der Waals surface area (Å²) in [5.74, 6) is 1.80. The molecule has 1 heterocycles. The molecular weight excluding hydrogens is 250 g/mol. The topological polar surface area (TPSA) is 47.0 Å². The normalized spacial score (nSPS) is 10.2. The second-order valence-electron chi connectivity index (χ2n) is 3.76. The lowest BCUT2D eigenvalue weighted by Crippen LogP contribution is -2.02. The van der Waals surface area contributed by atoms with E-state index >= 15 is 0 Å². The lowest BCUT2D eigenvalue weighted by Gasteiger charge is -2.09. The zero-order valence-electron chi connectivity index (χ0n) is 10.3. The van der Waals surface area contributed by atoms with Crippen molar-refractivity contribution in [3.63, 3.8) is 0 Å². The molecule has 5 heteroatoms. The van der Waals surface area contributed by atoms with Crippen LogP contribution < -0.4 is 10.1 Å². The van der Waals surface area contributed by atoms with E-state index in [2.05, 4.69) is 15.3 Å². The molecule has 0 saturated carbocycles. The van der Waals surface area contributed by atoms with Gasteiger partial charge >= 0.3 is 0 Å². The van der Waals surface area contributed by atoms with Gasteiger partial charge < -0.3 is 10.1 Å². The average Bonchev–Trinajstić information content (AvgIpc) is 2.34. The molecule has 0 atom stereocenters. The first-order chi connectivity index (χ1) is 8.69. The summed E-state index contributed by atoms with van der Waals surface area (Å²) in [7, 11) is 0. The maximum atomic E-state index is 5.90. The lowest BCUT2D eigenvalue weighted by atomic mass is 10.2. The molecule has 94 valence electrons. The van der Waals surface area contributed by atoms with Gasteiger partial charge in [0.1, 0.15) is 5.75 Å². The van der Waals surface area contributed by atoms with E-state index in [4.69, 9.17) is 16.3 Å². The first-order valence-electron chi connectivity index (χ1n) is 5.70. The molecule has 0 radical (unpaired) electrons. The Hall–Kier alpha value is -1.81.